The molecule has 3 nitrogen and oxygen atoms in total. The third kappa shape index (κ3) is 5.57. The molecule has 0 aliphatic rings. The van der Waals surface area contributed by atoms with Crippen LogP contribution < -0.4 is 5.32 Å². The van der Waals surface area contributed by atoms with Crippen LogP contribution in [0.4, 0.5) is 5.82 Å². The minimum Gasteiger partial charge on any atom is -0.365 e. The van der Waals surface area contributed by atoms with E-state index in [0.717, 1.165) is 11.4 Å². The van der Waals surface area contributed by atoms with Crippen molar-refractivity contribution in [3.63, 3.8) is 0 Å². The maximum Gasteiger partial charge on any atom is 0.224 e. The van der Waals surface area contributed by atoms with Gasteiger partial charge in [-0.1, -0.05) is 13.8 Å². The molecular weight excluding hydrogens is 210 g/mol. The molecule has 0 saturated heterocycles. The van der Waals surface area contributed by atoms with Crippen LogP contribution in [-0.4, -0.2) is 15.5 Å². The van der Waals surface area contributed by atoms with Gasteiger partial charge in [0.05, 0.1) is 0 Å². The number of anilines is 1. The molecule has 0 bridgehead atoms. The first-order valence-corrected chi connectivity index (χ1v) is 5.53. The Hall–Kier alpha value is -0.830. The fourth-order valence-electron chi connectivity index (χ4n) is 0.902. The summed E-state index contributed by atoms with van der Waals surface area (Å²) in [7, 11) is 0. The molecule has 1 heterocycles. The number of aryl methyl sites for hydroxylation is 1. The highest BCUT2D eigenvalue weighted by molar-refractivity contribution is 6.28. The van der Waals surface area contributed by atoms with Crippen LogP contribution in [0.2, 0.25) is 5.28 Å². The lowest BCUT2D eigenvalue weighted by Crippen LogP contribution is -2.27. The predicted octanol–water partition coefficient (Wildman–Crippen LogP) is 3.68. The zero-order valence-corrected chi connectivity index (χ0v) is 11.1. The Morgan fingerprint density at radius 1 is 1.27 bits per heavy atom. The van der Waals surface area contributed by atoms with E-state index in [-0.39, 0.29) is 10.8 Å². The Balaban J connectivity index is 0.000000921. The van der Waals surface area contributed by atoms with Gasteiger partial charge in [0.15, 0.2) is 0 Å². The Morgan fingerprint density at radius 2 is 1.80 bits per heavy atom. The molecule has 1 aromatic heterocycles. The van der Waals surface area contributed by atoms with Gasteiger partial charge in [0.2, 0.25) is 5.28 Å². The van der Waals surface area contributed by atoms with Crippen molar-refractivity contribution in [2.75, 3.05) is 5.32 Å². The van der Waals surface area contributed by atoms with Crippen LogP contribution in [0.3, 0.4) is 0 Å². The Labute approximate surface area is 97.3 Å². The molecule has 0 spiro atoms. The molecule has 0 unspecified atom stereocenters. The Bertz CT molecular complexity index is 305. The maximum atomic E-state index is 5.68. The van der Waals surface area contributed by atoms with E-state index in [2.05, 4.69) is 36.1 Å². The highest BCUT2D eigenvalue weighted by atomic mass is 35.5. The molecule has 1 aromatic rings. The summed E-state index contributed by atoms with van der Waals surface area (Å²) >= 11 is 5.68. The molecule has 1 N–H and O–H groups in total. The van der Waals surface area contributed by atoms with E-state index in [9.17, 15) is 0 Å². The monoisotopic (exact) mass is 229 g/mol. The van der Waals surface area contributed by atoms with E-state index >= 15 is 0 Å². The maximum absolute atomic E-state index is 5.68. The van der Waals surface area contributed by atoms with Crippen molar-refractivity contribution in [2.24, 2.45) is 0 Å². The van der Waals surface area contributed by atoms with Crippen LogP contribution in [-0.2, 0) is 0 Å². The summed E-state index contributed by atoms with van der Waals surface area (Å²) in [5.74, 6) is 0.799. The first-order valence-electron chi connectivity index (χ1n) is 5.16. The van der Waals surface area contributed by atoms with Gasteiger partial charge in [-0.05, 0) is 39.3 Å². The lowest BCUT2D eigenvalue weighted by atomic mass is 10.1. The second kappa shape index (κ2) is 5.91. The van der Waals surface area contributed by atoms with Gasteiger partial charge in [-0.15, -0.1) is 0 Å². The van der Waals surface area contributed by atoms with Crippen LogP contribution in [0, 0.1) is 6.92 Å². The average molecular weight is 230 g/mol. The van der Waals surface area contributed by atoms with Gasteiger partial charge in [-0.2, -0.15) is 0 Å². The fourth-order valence-corrected chi connectivity index (χ4v) is 1.04. The van der Waals surface area contributed by atoms with Crippen molar-refractivity contribution >= 4 is 17.4 Å². The van der Waals surface area contributed by atoms with E-state index in [1.807, 2.05) is 20.8 Å². The molecule has 0 saturated carbocycles. The first-order chi connectivity index (χ1) is 6.88. The number of halogens is 1. The van der Waals surface area contributed by atoms with E-state index in [1.165, 1.54) is 0 Å². The molecule has 0 aromatic carbocycles. The van der Waals surface area contributed by atoms with Crippen molar-refractivity contribution < 1.29 is 0 Å². The van der Waals surface area contributed by atoms with Crippen molar-refractivity contribution in [3.8, 4) is 0 Å². The molecule has 0 atom stereocenters. The second-order valence-electron chi connectivity index (χ2n) is 4.05. The van der Waals surface area contributed by atoms with Crippen molar-refractivity contribution in [1.29, 1.82) is 0 Å². The average Bonchev–Trinajstić information content (AvgIpc) is 2.12. The van der Waals surface area contributed by atoms with Gasteiger partial charge in [0.25, 0.3) is 0 Å². The van der Waals surface area contributed by atoms with E-state index in [4.69, 9.17) is 11.6 Å². The van der Waals surface area contributed by atoms with Crippen LogP contribution in [0.5, 0.6) is 0 Å². The predicted molar refractivity (Wildman–Crippen MR) is 66.5 cm³/mol. The molecule has 1 rings (SSSR count). The summed E-state index contributed by atoms with van der Waals surface area (Å²) in [6.07, 6.45) is 1.71. The molecular formula is C11H20ClN3. The zero-order chi connectivity index (χ0) is 12.1. The molecule has 15 heavy (non-hydrogen) atoms. The molecule has 0 fully saturated rings. The standard InChI is InChI=1S/C9H14ClN3.C2H6/c1-6-5-11-8(10)12-7(6)13-9(2,3)4;1-2/h5H,1-4H3,(H,11,12,13);1-2H3. The number of hydrogen-bond acceptors (Lipinski definition) is 3. The Kier molecular flexibility index (Phi) is 5.58. The normalized spacial score (nSPS) is 10.3. The summed E-state index contributed by atoms with van der Waals surface area (Å²) in [5.41, 5.74) is 0.988. The highest BCUT2D eigenvalue weighted by Crippen LogP contribution is 2.17. The third-order valence-electron chi connectivity index (χ3n) is 1.44. The molecule has 4 heteroatoms. The van der Waals surface area contributed by atoms with Gasteiger partial charge in [-0.3, -0.25) is 0 Å². The van der Waals surface area contributed by atoms with Gasteiger partial charge in [-0.25, -0.2) is 9.97 Å². The van der Waals surface area contributed by atoms with Crippen LogP contribution in [0.15, 0.2) is 6.20 Å². The van der Waals surface area contributed by atoms with Gasteiger partial charge < -0.3 is 5.32 Å². The number of aromatic nitrogens is 2. The second-order valence-corrected chi connectivity index (χ2v) is 4.38. The Morgan fingerprint density at radius 3 is 2.27 bits per heavy atom. The minimum absolute atomic E-state index is 0.0115. The van der Waals surface area contributed by atoms with Crippen LogP contribution >= 0.6 is 11.6 Å². The van der Waals surface area contributed by atoms with Gasteiger partial charge >= 0.3 is 0 Å². The summed E-state index contributed by atoms with van der Waals surface area (Å²) < 4.78 is 0. The smallest absolute Gasteiger partial charge is 0.224 e. The van der Waals surface area contributed by atoms with Gasteiger partial charge in [0.1, 0.15) is 5.82 Å². The number of nitrogens with zero attached hydrogens (tertiary/aromatic N) is 2. The lowest BCUT2D eigenvalue weighted by molar-refractivity contribution is 0.629. The summed E-state index contributed by atoms with van der Waals surface area (Å²) in [6.45, 7) is 12.2. The quantitative estimate of drug-likeness (QED) is 0.747. The fraction of sp³-hybridized carbons (Fsp3) is 0.636. The van der Waals surface area contributed by atoms with E-state index in [1.54, 1.807) is 6.20 Å². The van der Waals surface area contributed by atoms with Gasteiger partial charge in [0, 0.05) is 17.3 Å². The zero-order valence-electron chi connectivity index (χ0n) is 10.3. The third-order valence-corrected chi connectivity index (χ3v) is 1.62. The number of hydrogen-bond donors (Lipinski definition) is 1. The van der Waals surface area contributed by atoms with Crippen LogP contribution in [0.1, 0.15) is 40.2 Å². The molecule has 0 amide bonds. The van der Waals surface area contributed by atoms with Crippen LogP contribution in [0.25, 0.3) is 0 Å². The topological polar surface area (TPSA) is 37.8 Å². The highest BCUT2D eigenvalue weighted by Gasteiger charge is 2.12. The summed E-state index contributed by atoms with van der Waals surface area (Å²) in [4.78, 5) is 7.98. The molecule has 0 aliphatic carbocycles. The largest absolute Gasteiger partial charge is 0.365 e. The SMILES string of the molecule is CC.Cc1cnc(Cl)nc1NC(C)(C)C. The lowest BCUT2D eigenvalue weighted by Gasteiger charge is -2.22. The van der Waals surface area contributed by atoms with E-state index in [0.29, 0.717) is 0 Å². The summed E-state index contributed by atoms with van der Waals surface area (Å²) in [5, 5.41) is 3.53. The summed E-state index contributed by atoms with van der Waals surface area (Å²) in [6, 6.07) is 0. The molecule has 86 valence electrons. The number of rotatable bonds is 1. The minimum atomic E-state index is -0.0115. The van der Waals surface area contributed by atoms with Crippen molar-refractivity contribution in [3.05, 3.63) is 17.0 Å². The van der Waals surface area contributed by atoms with E-state index < -0.39 is 0 Å². The number of nitrogens with one attached hydrogen (secondary N) is 1. The van der Waals surface area contributed by atoms with Crippen molar-refractivity contribution in [1.82, 2.24) is 9.97 Å². The first kappa shape index (κ1) is 14.2. The molecule has 0 aliphatic heterocycles. The molecule has 0 radical (unpaired) electrons. The van der Waals surface area contributed by atoms with Crippen molar-refractivity contribution in [2.45, 2.75) is 47.1 Å².